The van der Waals surface area contributed by atoms with Crippen LogP contribution in [0.1, 0.15) is 12.5 Å². The van der Waals surface area contributed by atoms with E-state index in [1.54, 1.807) is 12.1 Å². The number of rotatable bonds is 3. The minimum Gasteiger partial charge on any atom is -0.493 e. The van der Waals surface area contributed by atoms with Gasteiger partial charge in [0, 0.05) is 19.4 Å². The minimum atomic E-state index is -1.02. The largest absolute Gasteiger partial charge is 0.493 e. The maximum Gasteiger partial charge on any atom is 0.327 e. The summed E-state index contributed by atoms with van der Waals surface area (Å²) in [6.45, 7) is 1.35. The van der Waals surface area contributed by atoms with E-state index < -0.39 is 12.0 Å². The number of carboxylic acid groups (broad SMARTS) is 1. The highest BCUT2D eigenvalue weighted by Gasteiger charge is 2.37. The average Bonchev–Trinajstić information content (AvgIpc) is 2.75. The Kier molecular flexibility index (Phi) is 3.33. The van der Waals surface area contributed by atoms with Crippen LogP contribution in [0.25, 0.3) is 0 Å². The third-order valence-corrected chi connectivity index (χ3v) is 3.19. The Morgan fingerprint density at radius 1 is 1.26 bits per heavy atom. The second-order valence-electron chi connectivity index (χ2n) is 4.28. The molecule has 1 aliphatic heterocycles. The summed E-state index contributed by atoms with van der Waals surface area (Å²) in [6.07, 6.45) is 0.268. The number of benzene rings is 1. The molecule has 0 aromatic heterocycles. The smallest absolute Gasteiger partial charge is 0.327 e. The molecule has 6 heteroatoms. The molecule has 1 amide bonds. The number of nitrogens with zero attached hydrogens (tertiary/aromatic N) is 1. The van der Waals surface area contributed by atoms with Gasteiger partial charge in [-0.1, -0.05) is 0 Å². The maximum absolute atomic E-state index is 11.7. The van der Waals surface area contributed by atoms with Crippen molar-refractivity contribution in [3.63, 3.8) is 0 Å². The first-order chi connectivity index (χ1) is 8.99. The second-order valence-corrected chi connectivity index (χ2v) is 4.28. The van der Waals surface area contributed by atoms with Crippen molar-refractivity contribution in [1.29, 1.82) is 0 Å². The first kappa shape index (κ1) is 13.2. The summed E-state index contributed by atoms with van der Waals surface area (Å²) in [5.74, 6) is -0.336. The minimum absolute atomic E-state index is 0.268. The van der Waals surface area contributed by atoms with Crippen LogP contribution in [0.4, 0.5) is 5.69 Å². The van der Waals surface area contributed by atoms with Gasteiger partial charge in [-0.2, -0.15) is 0 Å². The third-order valence-electron chi connectivity index (χ3n) is 3.19. The highest BCUT2D eigenvalue weighted by atomic mass is 16.5. The van der Waals surface area contributed by atoms with E-state index in [9.17, 15) is 14.7 Å². The molecule has 1 N–H and O–H groups in total. The van der Waals surface area contributed by atoms with E-state index in [4.69, 9.17) is 9.47 Å². The summed E-state index contributed by atoms with van der Waals surface area (Å²) >= 11 is 0. The molecule has 1 unspecified atom stereocenters. The number of carbonyl (C=O) groups is 2. The molecule has 0 saturated heterocycles. The molecular weight excluding hydrogens is 250 g/mol. The molecule has 0 aliphatic carbocycles. The fourth-order valence-electron chi connectivity index (χ4n) is 2.35. The fraction of sp³-hybridized carbons (Fsp3) is 0.385. The number of ether oxygens (including phenoxy) is 2. The lowest BCUT2D eigenvalue weighted by atomic mass is 10.1. The van der Waals surface area contributed by atoms with Crippen molar-refractivity contribution < 1.29 is 24.2 Å². The van der Waals surface area contributed by atoms with Gasteiger partial charge in [0.15, 0.2) is 11.5 Å². The third kappa shape index (κ3) is 2.09. The molecule has 0 saturated carbocycles. The molecule has 0 bridgehead atoms. The fourth-order valence-corrected chi connectivity index (χ4v) is 2.35. The zero-order chi connectivity index (χ0) is 14.2. The van der Waals surface area contributed by atoms with Gasteiger partial charge in [0.1, 0.15) is 6.04 Å². The van der Waals surface area contributed by atoms with E-state index >= 15 is 0 Å². The molecule has 0 spiro atoms. The highest BCUT2D eigenvalue weighted by molar-refractivity contribution is 6.01. The second kappa shape index (κ2) is 4.79. The Labute approximate surface area is 110 Å². The van der Waals surface area contributed by atoms with Crippen LogP contribution in [0.5, 0.6) is 11.5 Å². The molecule has 1 atom stereocenters. The molecule has 1 heterocycles. The van der Waals surface area contributed by atoms with Crippen LogP contribution in [0.2, 0.25) is 0 Å². The van der Waals surface area contributed by atoms with E-state index in [-0.39, 0.29) is 12.3 Å². The number of amides is 1. The van der Waals surface area contributed by atoms with Gasteiger partial charge in [-0.3, -0.25) is 9.69 Å². The normalized spacial score (nSPS) is 17.0. The first-order valence-electron chi connectivity index (χ1n) is 5.77. The van der Waals surface area contributed by atoms with Crippen LogP contribution in [-0.2, 0) is 16.0 Å². The molecule has 102 valence electrons. The number of hydrogen-bond acceptors (Lipinski definition) is 4. The monoisotopic (exact) mass is 265 g/mol. The van der Waals surface area contributed by atoms with Crippen LogP contribution in [0.15, 0.2) is 12.1 Å². The Bertz CT molecular complexity index is 540. The highest BCUT2D eigenvalue weighted by Crippen LogP contribution is 2.40. The van der Waals surface area contributed by atoms with Crippen molar-refractivity contribution in [3.05, 3.63) is 17.7 Å². The van der Waals surface area contributed by atoms with E-state index in [1.807, 2.05) is 0 Å². The average molecular weight is 265 g/mol. The topological polar surface area (TPSA) is 76.1 Å². The summed E-state index contributed by atoms with van der Waals surface area (Å²) in [5, 5.41) is 9.20. The number of anilines is 1. The van der Waals surface area contributed by atoms with Crippen LogP contribution < -0.4 is 14.4 Å². The lowest BCUT2D eigenvalue weighted by Crippen LogP contribution is -2.41. The first-order valence-corrected chi connectivity index (χ1v) is 5.77. The Balaban J connectivity index is 2.54. The van der Waals surface area contributed by atoms with Gasteiger partial charge >= 0.3 is 5.97 Å². The molecule has 1 aromatic carbocycles. The van der Waals surface area contributed by atoms with Gasteiger partial charge in [-0.25, -0.2) is 4.79 Å². The quantitative estimate of drug-likeness (QED) is 0.884. The van der Waals surface area contributed by atoms with Crippen molar-refractivity contribution in [2.45, 2.75) is 19.4 Å². The van der Waals surface area contributed by atoms with E-state index in [2.05, 4.69) is 0 Å². The molecule has 0 radical (unpaired) electrons. The van der Waals surface area contributed by atoms with E-state index in [0.717, 1.165) is 5.56 Å². The maximum atomic E-state index is 11.7. The van der Waals surface area contributed by atoms with Crippen LogP contribution in [-0.4, -0.2) is 37.2 Å². The van der Waals surface area contributed by atoms with Crippen LogP contribution >= 0.6 is 0 Å². The number of hydrogen-bond donors (Lipinski definition) is 1. The summed E-state index contributed by atoms with van der Waals surface area (Å²) in [6, 6.07) is 2.48. The lowest BCUT2D eigenvalue weighted by Gasteiger charge is -2.21. The zero-order valence-corrected chi connectivity index (χ0v) is 11.0. The lowest BCUT2D eigenvalue weighted by molar-refractivity contribution is -0.139. The Hall–Kier alpha value is -2.24. The summed E-state index contributed by atoms with van der Waals surface area (Å²) < 4.78 is 10.4. The van der Waals surface area contributed by atoms with Crippen LogP contribution in [0.3, 0.4) is 0 Å². The summed E-state index contributed by atoms with van der Waals surface area (Å²) in [5.41, 5.74) is 1.33. The summed E-state index contributed by atoms with van der Waals surface area (Å²) in [7, 11) is 3.00. The predicted octanol–water partition coefficient (Wildman–Crippen LogP) is 1.07. The van der Waals surface area contributed by atoms with Crippen molar-refractivity contribution in [3.8, 4) is 11.5 Å². The molecule has 2 rings (SSSR count). The summed E-state index contributed by atoms with van der Waals surface area (Å²) in [4.78, 5) is 24.2. The SMILES string of the molecule is COc1cc2c(cc1OC)N(C(C)=O)C(C(=O)O)C2. The van der Waals surface area contributed by atoms with Gasteiger partial charge < -0.3 is 14.6 Å². The van der Waals surface area contributed by atoms with Crippen LogP contribution in [0, 0.1) is 0 Å². The van der Waals surface area contributed by atoms with Crippen molar-refractivity contribution in [1.82, 2.24) is 0 Å². The number of aliphatic carboxylic acids is 1. The predicted molar refractivity (Wildman–Crippen MR) is 67.8 cm³/mol. The van der Waals surface area contributed by atoms with Gasteiger partial charge in [-0.15, -0.1) is 0 Å². The van der Waals surface area contributed by atoms with Gasteiger partial charge in [0.2, 0.25) is 5.91 Å². The van der Waals surface area contributed by atoms with Gasteiger partial charge in [0.05, 0.1) is 19.9 Å². The molecule has 6 nitrogen and oxygen atoms in total. The standard InChI is InChI=1S/C13H15NO5/c1-7(15)14-9-6-12(19-3)11(18-2)5-8(9)4-10(14)13(16)17/h5-6,10H,4H2,1-3H3,(H,16,17). The molecule has 1 aliphatic rings. The molecular formula is C13H15NO5. The molecule has 0 fully saturated rings. The van der Waals surface area contributed by atoms with E-state index in [1.165, 1.54) is 26.0 Å². The van der Waals surface area contributed by atoms with E-state index in [0.29, 0.717) is 17.2 Å². The van der Waals surface area contributed by atoms with Crippen molar-refractivity contribution in [2.75, 3.05) is 19.1 Å². The van der Waals surface area contributed by atoms with Gasteiger partial charge in [-0.05, 0) is 11.6 Å². The number of fused-ring (bicyclic) bond motifs is 1. The van der Waals surface area contributed by atoms with Crippen molar-refractivity contribution in [2.24, 2.45) is 0 Å². The number of carbonyl (C=O) groups excluding carboxylic acids is 1. The number of carboxylic acids is 1. The Morgan fingerprint density at radius 2 is 1.84 bits per heavy atom. The Morgan fingerprint density at radius 3 is 2.32 bits per heavy atom. The molecule has 1 aromatic rings. The number of methoxy groups -OCH3 is 2. The molecule has 19 heavy (non-hydrogen) atoms. The van der Waals surface area contributed by atoms with Gasteiger partial charge in [0.25, 0.3) is 0 Å². The zero-order valence-electron chi connectivity index (χ0n) is 11.0. The van der Waals surface area contributed by atoms with Crippen molar-refractivity contribution >= 4 is 17.6 Å².